The first kappa shape index (κ1) is 23.6. The lowest BCUT2D eigenvalue weighted by Gasteiger charge is -2.27. The van der Waals surface area contributed by atoms with E-state index in [4.69, 9.17) is 14.2 Å². The van der Waals surface area contributed by atoms with Crippen molar-refractivity contribution in [1.82, 2.24) is 15.0 Å². The second kappa shape index (κ2) is 10.2. The van der Waals surface area contributed by atoms with Crippen LogP contribution in [0, 0.1) is 20.2 Å². The number of hydrogen-bond donors (Lipinski definition) is 2. The number of non-ortho nitro benzene ring substituents is 1. The summed E-state index contributed by atoms with van der Waals surface area (Å²) in [6, 6.07) is 8.50. The maximum atomic E-state index is 11.5. The Hall–Kier alpha value is -5.12. The molecule has 37 heavy (non-hydrogen) atoms. The van der Waals surface area contributed by atoms with Gasteiger partial charge in [-0.1, -0.05) is 0 Å². The monoisotopic (exact) mass is 509 g/mol. The molecule has 0 radical (unpaired) electrons. The molecular weight excluding hydrogens is 490 g/mol. The zero-order valence-electron chi connectivity index (χ0n) is 19.1. The molecule has 0 saturated carbocycles. The molecule has 3 heterocycles. The van der Waals surface area contributed by atoms with Crippen LogP contribution >= 0.6 is 0 Å². The van der Waals surface area contributed by atoms with Gasteiger partial charge in [0.25, 0.3) is 11.4 Å². The minimum absolute atomic E-state index is 0.0228. The largest absolute Gasteiger partial charge is 0.454 e. The number of hydrogen-bond acceptors (Lipinski definition) is 14. The topological polar surface area (TPSA) is 192 Å². The Morgan fingerprint density at radius 1 is 0.946 bits per heavy atom. The van der Waals surface area contributed by atoms with Crippen LogP contribution in [0.1, 0.15) is 5.56 Å². The van der Waals surface area contributed by atoms with Gasteiger partial charge in [-0.05, 0) is 18.2 Å². The smallest absolute Gasteiger partial charge is 0.282 e. The molecule has 2 N–H and O–H groups in total. The third kappa shape index (κ3) is 5.43. The Morgan fingerprint density at radius 3 is 2.35 bits per heavy atom. The highest BCUT2D eigenvalue weighted by Gasteiger charge is 2.23. The van der Waals surface area contributed by atoms with Crippen molar-refractivity contribution < 1.29 is 24.1 Å². The number of anilines is 4. The number of nitro benzene ring substituents is 2. The molecule has 190 valence electrons. The molecular formula is C21H19N9O7. The first-order chi connectivity index (χ1) is 18.0. The van der Waals surface area contributed by atoms with Crippen LogP contribution in [0.15, 0.2) is 41.5 Å². The summed E-state index contributed by atoms with van der Waals surface area (Å²) in [5, 5.41) is 29.5. The van der Waals surface area contributed by atoms with Crippen molar-refractivity contribution in [3.63, 3.8) is 0 Å². The zero-order chi connectivity index (χ0) is 25.8. The van der Waals surface area contributed by atoms with Gasteiger partial charge in [-0.3, -0.25) is 20.2 Å². The van der Waals surface area contributed by atoms with Crippen LogP contribution in [0.2, 0.25) is 0 Å². The van der Waals surface area contributed by atoms with Crippen LogP contribution in [0.3, 0.4) is 0 Å². The molecule has 0 spiro atoms. The number of fused-ring (bicyclic) bond motifs is 1. The fourth-order valence-corrected chi connectivity index (χ4v) is 3.54. The van der Waals surface area contributed by atoms with Crippen molar-refractivity contribution in [3.05, 3.63) is 62.2 Å². The van der Waals surface area contributed by atoms with Gasteiger partial charge < -0.3 is 24.4 Å². The summed E-state index contributed by atoms with van der Waals surface area (Å²) in [7, 11) is 0. The van der Waals surface area contributed by atoms with E-state index in [0.29, 0.717) is 43.7 Å². The molecule has 2 aliphatic heterocycles. The second-order valence-corrected chi connectivity index (χ2v) is 7.70. The molecule has 2 aliphatic rings. The van der Waals surface area contributed by atoms with Gasteiger partial charge in [-0.2, -0.15) is 20.1 Å². The van der Waals surface area contributed by atoms with Gasteiger partial charge in [0, 0.05) is 30.9 Å². The average molecular weight is 509 g/mol. The molecule has 0 atom stereocenters. The molecule has 2 aromatic carbocycles. The molecule has 0 aliphatic carbocycles. The van der Waals surface area contributed by atoms with E-state index in [1.54, 1.807) is 0 Å². The average Bonchev–Trinajstić information content (AvgIpc) is 3.36. The predicted octanol–water partition coefficient (Wildman–Crippen LogP) is 2.44. The molecule has 1 aromatic heterocycles. The Balaban J connectivity index is 1.40. The summed E-state index contributed by atoms with van der Waals surface area (Å²) in [5.74, 6) is 1.25. The number of morpholine rings is 1. The number of nitro groups is 2. The first-order valence-electron chi connectivity index (χ1n) is 10.9. The molecule has 0 amide bonds. The van der Waals surface area contributed by atoms with Crippen molar-refractivity contribution in [2.24, 2.45) is 5.10 Å². The maximum absolute atomic E-state index is 11.5. The van der Waals surface area contributed by atoms with Gasteiger partial charge in [-0.15, -0.1) is 0 Å². The van der Waals surface area contributed by atoms with Crippen molar-refractivity contribution in [3.8, 4) is 11.5 Å². The fourth-order valence-electron chi connectivity index (χ4n) is 3.54. The summed E-state index contributed by atoms with van der Waals surface area (Å²) in [4.78, 5) is 36.4. The Morgan fingerprint density at radius 2 is 1.65 bits per heavy atom. The van der Waals surface area contributed by atoms with E-state index in [1.165, 1.54) is 42.6 Å². The van der Waals surface area contributed by atoms with Gasteiger partial charge in [0.05, 0.1) is 40.9 Å². The van der Waals surface area contributed by atoms with Crippen LogP contribution in [0.25, 0.3) is 0 Å². The van der Waals surface area contributed by atoms with E-state index in [9.17, 15) is 20.2 Å². The van der Waals surface area contributed by atoms with Gasteiger partial charge in [-0.25, -0.2) is 5.43 Å². The molecule has 16 heteroatoms. The summed E-state index contributed by atoms with van der Waals surface area (Å²) in [6.07, 6.45) is 1.25. The second-order valence-electron chi connectivity index (χ2n) is 7.70. The van der Waals surface area contributed by atoms with Gasteiger partial charge >= 0.3 is 0 Å². The fraction of sp³-hybridized carbons (Fsp3) is 0.238. The molecule has 3 aromatic rings. The Bertz CT molecular complexity index is 1360. The van der Waals surface area contributed by atoms with Crippen molar-refractivity contribution in [2.45, 2.75) is 0 Å². The Kier molecular flexibility index (Phi) is 6.54. The number of hydrazone groups is 1. The Labute approximate surface area is 208 Å². The molecule has 1 saturated heterocycles. The van der Waals surface area contributed by atoms with Crippen LogP contribution < -0.4 is 25.1 Å². The minimum Gasteiger partial charge on any atom is -0.454 e. The van der Waals surface area contributed by atoms with Crippen LogP contribution in [-0.2, 0) is 4.74 Å². The first-order valence-corrected chi connectivity index (χ1v) is 10.9. The number of nitrogens with one attached hydrogen (secondary N) is 2. The van der Waals surface area contributed by atoms with Gasteiger partial charge in [0.15, 0.2) is 11.5 Å². The minimum atomic E-state index is -0.547. The van der Waals surface area contributed by atoms with Crippen LogP contribution in [0.5, 0.6) is 11.5 Å². The number of benzene rings is 2. The van der Waals surface area contributed by atoms with E-state index < -0.39 is 9.85 Å². The van der Waals surface area contributed by atoms with Gasteiger partial charge in [0.1, 0.15) is 0 Å². The molecule has 5 rings (SSSR count). The van der Waals surface area contributed by atoms with Crippen LogP contribution in [-0.4, -0.2) is 64.1 Å². The molecule has 16 nitrogen and oxygen atoms in total. The quantitative estimate of drug-likeness (QED) is 0.256. The highest BCUT2D eigenvalue weighted by atomic mass is 16.7. The lowest BCUT2D eigenvalue weighted by molar-refractivity contribution is -0.385. The number of aromatic nitrogens is 3. The molecule has 1 fully saturated rings. The van der Waals surface area contributed by atoms with E-state index in [1.807, 2.05) is 4.90 Å². The normalized spacial score (nSPS) is 14.5. The highest BCUT2D eigenvalue weighted by Crippen LogP contribution is 2.37. The van der Waals surface area contributed by atoms with E-state index >= 15 is 0 Å². The predicted molar refractivity (Wildman–Crippen MR) is 130 cm³/mol. The third-order valence-corrected chi connectivity index (χ3v) is 5.34. The number of ether oxygens (including phenoxy) is 3. The summed E-state index contributed by atoms with van der Waals surface area (Å²) in [5.41, 5.74) is 3.13. The van der Waals surface area contributed by atoms with Crippen molar-refractivity contribution in [1.29, 1.82) is 0 Å². The lowest BCUT2D eigenvalue weighted by Crippen LogP contribution is -2.37. The molecule has 0 unspecified atom stereocenters. The van der Waals surface area contributed by atoms with Crippen LogP contribution in [0.4, 0.5) is 34.9 Å². The summed E-state index contributed by atoms with van der Waals surface area (Å²) < 4.78 is 15.9. The standard InChI is InChI=1S/C21H19N9O7/c31-29(32)15-3-1-14(2-4-15)23-19-24-20(26-21(25-19)28-5-7-35-8-6-28)27-22-11-13-9-17-18(37-12-36-17)10-16(13)30(33)34/h1-4,9-11H,5-8,12H2,(H2,23,24,25,26,27)/b22-11+. The number of nitrogens with zero attached hydrogens (tertiary/aromatic N) is 7. The maximum Gasteiger partial charge on any atom is 0.282 e. The highest BCUT2D eigenvalue weighted by molar-refractivity contribution is 5.87. The summed E-state index contributed by atoms with van der Waals surface area (Å²) >= 11 is 0. The third-order valence-electron chi connectivity index (χ3n) is 5.34. The van der Waals surface area contributed by atoms with E-state index in [-0.39, 0.29) is 41.4 Å². The van der Waals surface area contributed by atoms with Crippen molar-refractivity contribution >= 4 is 41.1 Å². The number of rotatable bonds is 8. The van der Waals surface area contributed by atoms with E-state index in [2.05, 4.69) is 30.8 Å². The van der Waals surface area contributed by atoms with Crippen molar-refractivity contribution in [2.75, 3.05) is 48.7 Å². The zero-order valence-corrected chi connectivity index (χ0v) is 19.1. The summed E-state index contributed by atoms with van der Waals surface area (Å²) in [6.45, 7) is 2.11. The van der Waals surface area contributed by atoms with Gasteiger partial charge in [0.2, 0.25) is 24.6 Å². The van der Waals surface area contributed by atoms with E-state index in [0.717, 1.165) is 0 Å². The molecule has 0 bridgehead atoms. The lowest BCUT2D eigenvalue weighted by atomic mass is 10.1. The SMILES string of the molecule is O=[N+]([O-])c1ccc(Nc2nc(N/N=C/c3cc4c(cc3[N+](=O)[O-])OCO4)nc(N3CCOCC3)n2)cc1.